The van der Waals surface area contributed by atoms with Gasteiger partial charge in [0, 0.05) is 11.7 Å². The molecule has 4 atom stereocenters. The molecule has 2 aliphatic carbocycles. The molecule has 0 aliphatic heterocycles. The number of nitrogens with one attached hydrogen (secondary N) is 2. The second-order valence-corrected chi connectivity index (χ2v) is 10.2. The van der Waals surface area contributed by atoms with Crippen molar-refractivity contribution in [2.24, 2.45) is 17.8 Å². The van der Waals surface area contributed by atoms with Gasteiger partial charge in [-0.2, -0.15) is 0 Å². The number of anilines is 1. The van der Waals surface area contributed by atoms with Crippen molar-refractivity contribution in [3.05, 3.63) is 29.8 Å². The first kappa shape index (κ1) is 19.9. The fraction of sp³-hybridized carbons (Fsp3) is 0.600. The Morgan fingerprint density at radius 2 is 1.74 bits per heavy atom. The van der Waals surface area contributed by atoms with E-state index in [0.29, 0.717) is 17.5 Å². The summed E-state index contributed by atoms with van der Waals surface area (Å²) in [6, 6.07) is 7.06. The van der Waals surface area contributed by atoms with E-state index in [1.54, 1.807) is 12.1 Å². The van der Waals surface area contributed by atoms with Crippen molar-refractivity contribution in [2.45, 2.75) is 45.6 Å². The second-order valence-electron chi connectivity index (χ2n) is 8.14. The van der Waals surface area contributed by atoms with Crippen molar-refractivity contribution in [1.29, 1.82) is 0 Å². The first-order valence-corrected chi connectivity index (χ1v) is 11.4. The van der Waals surface area contributed by atoms with E-state index in [0.717, 1.165) is 17.9 Å². The van der Waals surface area contributed by atoms with Crippen LogP contribution in [0.2, 0.25) is 0 Å². The molecule has 2 bridgehead atoms. The maximum atomic E-state index is 12.2. The standard InChI is InChI=1S/C20H28N2O4S/c1-13-3-7-17(8-4-13)22-20(24)12-27(25,26)11-19(23)21-14(2)18-10-15-5-6-16(18)9-15/h3-4,7-8,14-16,18H,5-6,9-12H2,1-2H3,(H,21,23)(H,22,24). The Morgan fingerprint density at radius 3 is 2.33 bits per heavy atom. The quantitative estimate of drug-likeness (QED) is 0.745. The van der Waals surface area contributed by atoms with Crippen molar-refractivity contribution >= 4 is 27.3 Å². The molecule has 2 fully saturated rings. The van der Waals surface area contributed by atoms with E-state index in [1.165, 1.54) is 19.3 Å². The molecule has 1 aromatic carbocycles. The van der Waals surface area contributed by atoms with Gasteiger partial charge in [0.2, 0.25) is 11.8 Å². The minimum absolute atomic E-state index is 0.0237. The third kappa shape index (κ3) is 5.31. The van der Waals surface area contributed by atoms with Crippen LogP contribution in [-0.4, -0.2) is 37.8 Å². The van der Waals surface area contributed by atoms with Gasteiger partial charge in [0.1, 0.15) is 11.5 Å². The van der Waals surface area contributed by atoms with E-state index in [-0.39, 0.29) is 6.04 Å². The van der Waals surface area contributed by atoms with E-state index >= 15 is 0 Å². The molecule has 2 aliphatic rings. The lowest BCUT2D eigenvalue weighted by Crippen LogP contribution is -2.43. The van der Waals surface area contributed by atoms with Crippen molar-refractivity contribution in [3.63, 3.8) is 0 Å². The topological polar surface area (TPSA) is 92.3 Å². The van der Waals surface area contributed by atoms with Gasteiger partial charge in [-0.15, -0.1) is 0 Å². The highest BCUT2D eigenvalue weighted by Crippen LogP contribution is 2.49. The molecule has 4 unspecified atom stereocenters. The van der Waals surface area contributed by atoms with Gasteiger partial charge in [0.05, 0.1) is 0 Å². The molecule has 148 valence electrons. The zero-order valence-corrected chi connectivity index (χ0v) is 16.7. The zero-order valence-electron chi connectivity index (χ0n) is 15.9. The van der Waals surface area contributed by atoms with Crippen LogP contribution in [0.3, 0.4) is 0 Å². The lowest BCUT2D eigenvalue weighted by Gasteiger charge is -2.28. The number of hydrogen-bond donors (Lipinski definition) is 2. The predicted octanol–water partition coefficient (Wildman–Crippen LogP) is 2.29. The molecule has 1 aromatic rings. The van der Waals surface area contributed by atoms with E-state index in [4.69, 9.17) is 0 Å². The number of fused-ring (bicyclic) bond motifs is 2. The first-order valence-electron chi connectivity index (χ1n) is 9.58. The van der Waals surface area contributed by atoms with Crippen molar-refractivity contribution in [2.75, 3.05) is 16.8 Å². The molecule has 0 radical (unpaired) electrons. The Hall–Kier alpha value is -1.89. The minimum Gasteiger partial charge on any atom is -0.352 e. The minimum atomic E-state index is -3.81. The number of rotatable bonds is 7. The van der Waals surface area contributed by atoms with Gasteiger partial charge in [0.25, 0.3) is 0 Å². The Morgan fingerprint density at radius 1 is 1.07 bits per heavy atom. The van der Waals surface area contributed by atoms with Crippen LogP contribution in [0.25, 0.3) is 0 Å². The monoisotopic (exact) mass is 392 g/mol. The molecule has 7 heteroatoms. The summed E-state index contributed by atoms with van der Waals surface area (Å²) < 4.78 is 24.4. The third-order valence-electron chi connectivity index (χ3n) is 5.86. The van der Waals surface area contributed by atoms with Gasteiger partial charge < -0.3 is 10.6 Å². The normalized spacial score (nSPS) is 25.2. The van der Waals surface area contributed by atoms with Crippen molar-refractivity contribution in [1.82, 2.24) is 5.32 Å². The fourth-order valence-corrected chi connectivity index (χ4v) is 5.65. The second kappa shape index (κ2) is 8.00. The van der Waals surface area contributed by atoms with E-state index < -0.39 is 33.2 Å². The van der Waals surface area contributed by atoms with Crippen molar-refractivity contribution < 1.29 is 18.0 Å². The summed E-state index contributed by atoms with van der Waals surface area (Å²) in [6.07, 6.45) is 4.86. The molecule has 27 heavy (non-hydrogen) atoms. The molecule has 3 rings (SSSR count). The molecule has 0 heterocycles. The van der Waals surface area contributed by atoms with Crippen LogP contribution in [0.15, 0.2) is 24.3 Å². The Balaban J connectivity index is 1.47. The van der Waals surface area contributed by atoms with E-state index in [2.05, 4.69) is 10.6 Å². The zero-order chi connectivity index (χ0) is 19.6. The third-order valence-corrected chi connectivity index (χ3v) is 7.27. The average molecular weight is 393 g/mol. The lowest BCUT2D eigenvalue weighted by molar-refractivity contribution is -0.119. The molecular formula is C20H28N2O4S. The summed E-state index contributed by atoms with van der Waals surface area (Å²) >= 11 is 0. The summed E-state index contributed by atoms with van der Waals surface area (Å²) in [5.41, 5.74) is 1.58. The van der Waals surface area contributed by atoms with E-state index in [1.807, 2.05) is 26.0 Å². The molecule has 2 saturated carbocycles. The van der Waals surface area contributed by atoms with Gasteiger partial charge >= 0.3 is 0 Å². The fourth-order valence-electron chi connectivity index (χ4n) is 4.59. The number of amides is 2. The van der Waals surface area contributed by atoms with Gasteiger partial charge in [-0.25, -0.2) is 8.42 Å². The highest BCUT2D eigenvalue weighted by molar-refractivity contribution is 7.92. The summed E-state index contributed by atoms with van der Waals surface area (Å²) in [6.45, 7) is 3.88. The van der Waals surface area contributed by atoms with Crippen LogP contribution in [0, 0.1) is 24.7 Å². The van der Waals surface area contributed by atoms with Gasteiger partial charge in [0.15, 0.2) is 9.84 Å². The molecular weight excluding hydrogens is 364 g/mol. The highest BCUT2D eigenvalue weighted by atomic mass is 32.2. The molecule has 6 nitrogen and oxygen atoms in total. The summed E-state index contributed by atoms with van der Waals surface area (Å²) in [5, 5.41) is 5.39. The Kier molecular flexibility index (Phi) is 5.89. The molecule has 0 spiro atoms. The molecule has 2 amide bonds. The maximum Gasteiger partial charge on any atom is 0.239 e. The van der Waals surface area contributed by atoms with Gasteiger partial charge in [-0.3, -0.25) is 9.59 Å². The smallest absolute Gasteiger partial charge is 0.239 e. The maximum absolute atomic E-state index is 12.2. The predicted molar refractivity (Wildman–Crippen MR) is 105 cm³/mol. The lowest BCUT2D eigenvalue weighted by atomic mass is 9.84. The summed E-state index contributed by atoms with van der Waals surface area (Å²) in [5.74, 6) is -0.631. The number of aryl methyl sites for hydroxylation is 1. The van der Waals surface area contributed by atoms with Crippen LogP contribution in [0.5, 0.6) is 0 Å². The van der Waals surface area contributed by atoms with E-state index in [9.17, 15) is 18.0 Å². The number of sulfone groups is 1. The average Bonchev–Trinajstić information content (AvgIpc) is 3.18. The summed E-state index contributed by atoms with van der Waals surface area (Å²) in [7, 11) is -3.81. The molecule has 0 saturated heterocycles. The van der Waals surface area contributed by atoms with Crippen LogP contribution >= 0.6 is 0 Å². The van der Waals surface area contributed by atoms with Crippen LogP contribution in [-0.2, 0) is 19.4 Å². The number of benzene rings is 1. The largest absolute Gasteiger partial charge is 0.352 e. The van der Waals surface area contributed by atoms with Crippen LogP contribution < -0.4 is 10.6 Å². The first-order chi connectivity index (χ1) is 12.7. The highest BCUT2D eigenvalue weighted by Gasteiger charge is 2.42. The number of carbonyl (C=O) groups excluding carboxylic acids is 2. The Bertz CT molecular complexity index is 804. The molecule has 2 N–H and O–H groups in total. The van der Waals surface area contributed by atoms with Crippen molar-refractivity contribution in [3.8, 4) is 0 Å². The SMILES string of the molecule is Cc1ccc(NC(=O)CS(=O)(=O)CC(=O)NC(C)C2CC3CCC2C3)cc1. The van der Waals surface area contributed by atoms with Crippen LogP contribution in [0.4, 0.5) is 5.69 Å². The Labute approximate surface area is 161 Å². The van der Waals surface area contributed by atoms with Gasteiger partial charge in [-0.05, 0) is 63.0 Å². The van der Waals surface area contributed by atoms with Crippen LogP contribution in [0.1, 0.15) is 38.2 Å². The summed E-state index contributed by atoms with van der Waals surface area (Å²) in [4.78, 5) is 24.2. The van der Waals surface area contributed by atoms with Gasteiger partial charge in [-0.1, -0.05) is 24.1 Å². The number of carbonyl (C=O) groups is 2. The molecule has 0 aromatic heterocycles. The number of hydrogen-bond acceptors (Lipinski definition) is 4.